The molecule has 0 radical (unpaired) electrons. The van der Waals surface area contributed by atoms with Gasteiger partial charge >= 0.3 is 0 Å². The van der Waals surface area contributed by atoms with Gasteiger partial charge in [-0.05, 0) is 39.5 Å². The highest BCUT2D eigenvalue weighted by atomic mass is 127. The Morgan fingerprint density at radius 3 is 2.81 bits per heavy atom. The summed E-state index contributed by atoms with van der Waals surface area (Å²) in [6.07, 6.45) is 8.35. The van der Waals surface area contributed by atoms with Gasteiger partial charge in [0.1, 0.15) is 0 Å². The molecule has 4 fully saturated rings. The molecule has 26 heavy (non-hydrogen) atoms. The zero-order valence-electron chi connectivity index (χ0n) is 16.4. The maximum Gasteiger partial charge on any atom is 0.194 e. The van der Waals surface area contributed by atoms with E-state index in [9.17, 15) is 0 Å². The second kappa shape index (κ2) is 8.95. The summed E-state index contributed by atoms with van der Waals surface area (Å²) in [5, 5.41) is 3.93. The van der Waals surface area contributed by atoms with Gasteiger partial charge in [0.25, 0.3) is 0 Å². The number of rotatable bonds is 5. The molecule has 4 aliphatic rings. The van der Waals surface area contributed by atoms with Crippen molar-refractivity contribution in [3.8, 4) is 0 Å². The van der Waals surface area contributed by atoms with Gasteiger partial charge in [0.15, 0.2) is 5.96 Å². The van der Waals surface area contributed by atoms with Crippen LogP contribution in [0.4, 0.5) is 0 Å². The maximum absolute atomic E-state index is 6.14. The topological polar surface area (TPSA) is 46.1 Å². The third-order valence-electron chi connectivity index (χ3n) is 7.02. The second-order valence-corrected chi connectivity index (χ2v) is 8.36. The van der Waals surface area contributed by atoms with Crippen LogP contribution < -0.4 is 5.32 Å². The molecule has 2 saturated carbocycles. The van der Waals surface area contributed by atoms with E-state index in [4.69, 9.17) is 14.5 Å². The van der Waals surface area contributed by atoms with E-state index in [2.05, 4.69) is 24.1 Å². The van der Waals surface area contributed by atoms with Crippen LogP contribution in [0.15, 0.2) is 4.99 Å². The molecule has 2 aliphatic carbocycles. The standard InChI is InChI=1S/C20H35N3O2.HI/c1-3-21-19(23-11-7-15(13-23)14-24-4-2)22-17-16-8-12-25-18(16)20(17)9-5-6-10-20;/h15-18H,3-14H2,1-2H3,(H,21,22);1H. The van der Waals surface area contributed by atoms with Gasteiger partial charge in [-0.1, -0.05) is 12.8 Å². The molecule has 0 bridgehead atoms. The van der Waals surface area contributed by atoms with Crippen LogP contribution in [0.3, 0.4) is 0 Å². The Morgan fingerprint density at radius 2 is 2.08 bits per heavy atom. The Morgan fingerprint density at radius 1 is 1.27 bits per heavy atom. The van der Waals surface area contributed by atoms with Crippen molar-refractivity contribution in [3.05, 3.63) is 0 Å². The summed E-state index contributed by atoms with van der Waals surface area (Å²) in [4.78, 5) is 7.33. The molecule has 6 heteroatoms. The van der Waals surface area contributed by atoms with Crippen molar-refractivity contribution in [3.63, 3.8) is 0 Å². The van der Waals surface area contributed by atoms with Crippen LogP contribution in [0.25, 0.3) is 0 Å². The van der Waals surface area contributed by atoms with Gasteiger partial charge in [0.05, 0.1) is 12.7 Å². The fourth-order valence-electron chi connectivity index (χ4n) is 5.88. The smallest absolute Gasteiger partial charge is 0.194 e. The SMILES string of the molecule is CCN=C(NC1C2CCOC2C12CCCC2)N1CCC(COCC)C1.I. The average molecular weight is 477 g/mol. The normalized spacial score (nSPS) is 35.3. The van der Waals surface area contributed by atoms with E-state index in [1.807, 2.05) is 0 Å². The lowest BCUT2D eigenvalue weighted by Crippen LogP contribution is -2.69. The lowest BCUT2D eigenvalue weighted by atomic mass is 9.54. The van der Waals surface area contributed by atoms with Crippen molar-refractivity contribution in [1.29, 1.82) is 0 Å². The fraction of sp³-hybridized carbons (Fsp3) is 0.950. The highest BCUT2D eigenvalue weighted by Gasteiger charge is 2.65. The first-order valence-electron chi connectivity index (χ1n) is 10.5. The molecule has 0 aromatic heterocycles. The van der Waals surface area contributed by atoms with Crippen LogP contribution in [0, 0.1) is 17.3 Å². The molecule has 150 valence electrons. The Labute approximate surface area is 175 Å². The number of guanidine groups is 1. The summed E-state index contributed by atoms with van der Waals surface area (Å²) in [5.74, 6) is 2.48. The largest absolute Gasteiger partial charge is 0.381 e. The zero-order valence-corrected chi connectivity index (χ0v) is 18.7. The summed E-state index contributed by atoms with van der Waals surface area (Å²) in [5.41, 5.74) is 0.389. The minimum Gasteiger partial charge on any atom is -0.381 e. The molecule has 4 atom stereocenters. The van der Waals surface area contributed by atoms with E-state index < -0.39 is 0 Å². The molecule has 0 aromatic rings. The van der Waals surface area contributed by atoms with Crippen molar-refractivity contribution >= 4 is 29.9 Å². The van der Waals surface area contributed by atoms with E-state index >= 15 is 0 Å². The van der Waals surface area contributed by atoms with Crippen molar-refractivity contribution in [1.82, 2.24) is 10.2 Å². The number of nitrogens with zero attached hydrogens (tertiary/aromatic N) is 2. The van der Waals surface area contributed by atoms with Gasteiger partial charge in [-0.15, -0.1) is 24.0 Å². The Hall–Kier alpha value is -0.0800. The summed E-state index contributed by atoms with van der Waals surface area (Å²) in [7, 11) is 0. The molecule has 2 saturated heterocycles. The van der Waals surface area contributed by atoms with E-state index in [1.165, 1.54) is 38.5 Å². The molecular formula is C20H36IN3O2. The van der Waals surface area contributed by atoms with Crippen molar-refractivity contribution in [2.24, 2.45) is 22.2 Å². The number of aliphatic imine (C=N–C) groups is 1. The first-order valence-corrected chi connectivity index (χ1v) is 10.5. The van der Waals surface area contributed by atoms with Crippen molar-refractivity contribution < 1.29 is 9.47 Å². The third kappa shape index (κ3) is 3.62. The van der Waals surface area contributed by atoms with Gasteiger partial charge in [0.2, 0.25) is 0 Å². The number of likely N-dealkylation sites (tertiary alicyclic amines) is 1. The number of fused-ring (bicyclic) bond motifs is 2. The molecule has 4 unspecified atom stereocenters. The van der Waals surface area contributed by atoms with E-state index in [-0.39, 0.29) is 24.0 Å². The van der Waals surface area contributed by atoms with Crippen LogP contribution in [0.2, 0.25) is 0 Å². The van der Waals surface area contributed by atoms with Crippen LogP contribution in [0.5, 0.6) is 0 Å². The molecule has 0 amide bonds. The summed E-state index contributed by atoms with van der Waals surface area (Å²) in [6, 6.07) is 0.568. The molecule has 2 aliphatic heterocycles. The zero-order chi connectivity index (χ0) is 17.3. The first-order chi connectivity index (χ1) is 12.3. The summed E-state index contributed by atoms with van der Waals surface area (Å²) < 4.78 is 11.8. The fourth-order valence-corrected chi connectivity index (χ4v) is 5.88. The predicted molar refractivity (Wildman–Crippen MR) is 115 cm³/mol. The van der Waals surface area contributed by atoms with Crippen LogP contribution in [-0.4, -0.2) is 62.5 Å². The number of halogens is 1. The van der Waals surface area contributed by atoms with Gasteiger partial charge in [-0.25, -0.2) is 0 Å². The number of hydrogen-bond acceptors (Lipinski definition) is 3. The highest BCUT2D eigenvalue weighted by molar-refractivity contribution is 14.0. The highest BCUT2D eigenvalue weighted by Crippen LogP contribution is 2.60. The lowest BCUT2D eigenvalue weighted by Gasteiger charge is -2.57. The van der Waals surface area contributed by atoms with Crippen LogP contribution in [-0.2, 0) is 9.47 Å². The third-order valence-corrected chi connectivity index (χ3v) is 7.02. The Bertz CT molecular complexity index is 495. The number of nitrogens with one attached hydrogen (secondary N) is 1. The minimum atomic E-state index is 0. The summed E-state index contributed by atoms with van der Waals surface area (Å²) >= 11 is 0. The first kappa shape index (κ1) is 20.6. The second-order valence-electron chi connectivity index (χ2n) is 8.36. The van der Waals surface area contributed by atoms with Gasteiger partial charge in [-0.3, -0.25) is 4.99 Å². The average Bonchev–Trinajstić information content (AvgIpc) is 3.36. The molecule has 4 rings (SSSR count). The monoisotopic (exact) mass is 477 g/mol. The van der Waals surface area contributed by atoms with Gasteiger partial charge in [0, 0.05) is 56.1 Å². The quantitative estimate of drug-likeness (QED) is 0.375. The van der Waals surface area contributed by atoms with E-state index in [0.29, 0.717) is 29.4 Å². The van der Waals surface area contributed by atoms with Crippen LogP contribution in [0.1, 0.15) is 52.4 Å². The maximum atomic E-state index is 6.14. The molecular weight excluding hydrogens is 441 g/mol. The van der Waals surface area contributed by atoms with Crippen LogP contribution >= 0.6 is 24.0 Å². The van der Waals surface area contributed by atoms with Gasteiger partial charge in [-0.2, -0.15) is 0 Å². The number of hydrogen-bond donors (Lipinski definition) is 1. The molecule has 5 nitrogen and oxygen atoms in total. The minimum absolute atomic E-state index is 0. The molecule has 1 spiro atoms. The molecule has 2 heterocycles. The molecule has 0 aromatic carbocycles. The lowest BCUT2D eigenvalue weighted by molar-refractivity contribution is -0.125. The summed E-state index contributed by atoms with van der Waals surface area (Å²) in [6.45, 7) is 9.91. The number of ether oxygens (including phenoxy) is 2. The Kier molecular flexibility index (Phi) is 7.11. The predicted octanol–water partition coefficient (Wildman–Crippen LogP) is 3.28. The van der Waals surface area contributed by atoms with Crippen molar-refractivity contribution in [2.45, 2.75) is 64.5 Å². The van der Waals surface area contributed by atoms with E-state index in [1.54, 1.807) is 0 Å². The van der Waals surface area contributed by atoms with Gasteiger partial charge < -0.3 is 19.7 Å². The molecule has 1 N–H and O–H groups in total. The Balaban J connectivity index is 0.00000196. The van der Waals surface area contributed by atoms with Crippen molar-refractivity contribution in [2.75, 3.05) is 39.5 Å². The van der Waals surface area contributed by atoms with E-state index in [0.717, 1.165) is 45.4 Å².